The first kappa shape index (κ1) is 14.4. The topological polar surface area (TPSA) is 35.2 Å². The smallest absolute Gasteiger partial charge is 0.146 e. The molecule has 0 spiro atoms. The number of halogens is 2. The van der Waals surface area contributed by atoms with Crippen LogP contribution in [0, 0.1) is 0 Å². The number of ether oxygens (including phenoxy) is 1. The second-order valence-electron chi connectivity index (χ2n) is 4.26. The van der Waals surface area contributed by atoms with Gasteiger partial charge in [-0.3, -0.25) is 0 Å². The van der Waals surface area contributed by atoms with Crippen LogP contribution < -0.4 is 10.5 Å². The SMILES string of the molecule is CC[C@H](N)c1ccc(Oc2ccc(Br)cc2Cl)cc1. The van der Waals surface area contributed by atoms with E-state index >= 15 is 0 Å². The summed E-state index contributed by atoms with van der Waals surface area (Å²) in [4.78, 5) is 0. The number of benzene rings is 2. The Morgan fingerprint density at radius 1 is 1.21 bits per heavy atom. The summed E-state index contributed by atoms with van der Waals surface area (Å²) in [5, 5.41) is 0.573. The zero-order valence-electron chi connectivity index (χ0n) is 10.6. The molecule has 0 aliphatic rings. The highest BCUT2D eigenvalue weighted by Crippen LogP contribution is 2.32. The van der Waals surface area contributed by atoms with Gasteiger partial charge in [0, 0.05) is 10.5 Å². The number of rotatable bonds is 4. The van der Waals surface area contributed by atoms with E-state index in [9.17, 15) is 0 Å². The van der Waals surface area contributed by atoms with Gasteiger partial charge in [-0.1, -0.05) is 46.6 Å². The molecule has 4 heteroatoms. The summed E-state index contributed by atoms with van der Waals surface area (Å²) in [6.07, 6.45) is 0.915. The van der Waals surface area contributed by atoms with Gasteiger partial charge in [0.15, 0.2) is 0 Å². The molecule has 2 aromatic carbocycles. The van der Waals surface area contributed by atoms with Gasteiger partial charge in [0.2, 0.25) is 0 Å². The van der Waals surface area contributed by atoms with Gasteiger partial charge in [0.05, 0.1) is 5.02 Å². The molecule has 2 rings (SSSR count). The van der Waals surface area contributed by atoms with Crippen LogP contribution in [0.4, 0.5) is 0 Å². The van der Waals surface area contributed by atoms with E-state index < -0.39 is 0 Å². The van der Waals surface area contributed by atoms with Crippen molar-refractivity contribution in [1.82, 2.24) is 0 Å². The molecule has 0 aliphatic heterocycles. The van der Waals surface area contributed by atoms with Crippen molar-refractivity contribution >= 4 is 27.5 Å². The minimum atomic E-state index is 0.0744. The summed E-state index contributed by atoms with van der Waals surface area (Å²) in [7, 11) is 0. The fourth-order valence-electron chi connectivity index (χ4n) is 1.70. The van der Waals surface area contributed by atoms with Gasteiger partial charge in [0.25, 0.3) is 0 Å². The van der Waals surface area contributed by atoms with Crippen molar-refractivity contribution < 1.29 is 4.74 Å². The predicted molar refractivity (Wildman–Crippen MR) is 82.9 cm³/mol. The molecular weight excluding hydrogens is 326 g/mol. The van der Waals surface area contributed by atoms with Crippen LogP contribution in [-0.4, -0.2) is 0 Å². The van der Waals surface area contributed by atoms with E-state index in [0.29, 0.717) is 10.8 Å². The number of hydrogen-bond acceptors (Lipinski definition) is 2. The van der Waals surface area contributed by atoms with Crippen LogP contribution in [0.1, 0.15) is 24.9 Å². The Balaban J connectivity index is 2.15. The molecule has 0 aromatic heterocycles. The minimum Gasteiger partial charge on any atom is -0.456 e. The predicted octanol–water partition coefficient (Wildman–Crippen LogP) is 5.30. The highest BCUT2D eigenvalue weighted by Gasteiger charge is 2.06. The first-order chi connectivity index (χ1) is 9.10. The zero-order chi connectivity index (χ0) is 13.8. The van der Waals surface area contributed by atoms with E-state index in [4.69, 9.17) is 22.1 Å². The average molecular weight is 341 g/mol. The Kier molecular flexibility index (Phi) is 4.86. The Hall–Kier alpha value is -1.03. The lowest BCUT2D eigenvalue weighted by Gasteiger charge is -2.11. The normalized spacial score (nSPS) is 12.2. The van der Waals surface area contributed by atoms with Crippen molar-refractivity contribution in [3.8, 4) is 11.5 Å². The second kappa shape index (κ2) is 6.42. The van der Waals surface area contributed by atoms with Gasteiger partial charge in [0.1, 0.15) is 11.5 Å². The molecule has 1 atom stereocenters. The largest absolute Gasteiger partial charge is 0.456 e. The molecule has 19 heavy (non-hydrogen) atoms. The maximum atomic E-state index is 6.11. The molecule has 0 radical (unpaired) electrons. The molecule has 0 saturated carbocycles. The van der Waals surface area contributed by atoms with E-state index in [0.717, 1.165) is 22.2 Å². The Morgan fingerprint density at radius 2 is 1.89 bits per heavy atom. The Bertz CT molecular complexity index is 557. The second-order valence-corrected chi connectivity index (χ2v) is 5.58. The highest BCUT2D eigenvalue weighted by atomic mass is 79.9. The molecule has 0 heterocycles. The number of hydrogen-bond donors (Lipinski definition) is 1. The lowest BCUT2D eigenvalue weighted by atomic mass is 10.1. The third-order valence-corrected chi connectivity index (χ3v) is 3.66. The number of nitrogens with two attached hydrogens (primary N) is 1. The zero-order valence-corrected chi connectivity index (χ0v) is 12.9. The first-order valence-electron chi connectivity index (χ1n) is 6.08. The summed E-state index contributed by atoms with van der Waals surface area (Å²) in [6.45, 7) is 2.07. The summed E-state index contributed by atoms with van der Waals surface area (Å²) in [5.74, 6) is 1.38. The third-order valence-electron chi connectivity index (χ3n) is 2.87. The van der Waals surface area contributed by atoms with Crippen molar-refractivity contribution in [3.05, 3.63) is 57.5 Å². The quantitative estimate of drug-likeness (QED) is 0.819. The fourth-order valence-corrected chi connectivity index (χ4v) is 2.42. The minimum absolute atomic E-state index is 0.0744. The van der Waals surface area contributed by atoms with Crippen molar-refractivity contribution in [1.29, 1.82) is 0 Å². The van der Waals surface area contributed by atoms with Gasteiger partial charge >= 0.3 is 0 Å². The summed E-state index contributed by atoms with van der Waals surface area (Å²) in [5.41, 5.74) is 7.08. The summed E-state index contributed by atoms with van der Waals surface area (Å²) < 4.78 is 6.66. The molecule has 2 N–H and O–H groups in total. The van der Waals surface area contributed by atoms with E-state index in [1.807, 2.05) is 36.4 Å². The van der Waals surface area contributed by atoms with Crippen LogP contribution in [0.15, 0.2) is 46.9 Å². The standard InChI is InChI=1S/C15H15BrClNO/c1-2-14(18)10-3-6-12(7-4-10)19-15-8-5-11(16)9-13(15)17/h3-9,14H,2,18H2,1H3/t14-/m0/s1. The van der Waals surface area contributed by atoms with Crippen LogP contribution in [0.3, 0.4) is 0 Å². The van der Waals surface area contributed by atoms with E-state index in [1.54, 1.807) is 6.07 Å². The fraction of sp³-hybridized carbons (Fsp3) is 0.200. The highest BCUT2D eigenvalue weighted by molar-refractivity contribution is 9.10. The molecule has 100 valence electrons. The van der Waals surface area contributed by atoms with E-state index in [2.05, 4.69) is 22.9 Å². The molecule has 0 amide bonds. The van der Waals surface area contributed by atoms with Gasteiger partial charge in [-0.15, -0.1) is 0 Å². The molecular formula is C15H15BrClNO. The van der Waals surface area contributed by atoms with Gasteiger partial charge in [-0.05, 0) is 42.3 Å². The van der Waals surface area contributed by atoms with Crippen molar-refractivity contribution in [2.45, 2.75) is 19.4 Å². The lowest BCUT2D eigenvalue weighted by molar-refractivity contribution is 0.482. The third kappa shape index (κ3) is 3.72. The first-order valence-corrected chi connectivity index (χ1v) is 7.25. The summed E-state index contributed by atoms with van der Waals surface area (Å²) >= 11 is 9.47. The molecule has 0 fully saturated rings. The maximum Gasteiger partial charge on any atom is 0.146 e. The summed E-state index contributed by atoms with van der Waals surface area (Å²) in [6, 6.07) is 13.4. The monoisotopic (exact) mass is 339 g/mol. The molecule has 2 aromatic rings. The van der Waals surface area contributed by atoms with Crippen molar-refractivity contribution in [2.75, 3.05) is 0 Å². The maximum absolute atomic E-state index is 6.11. The lowest BCUT2D eigenvalue weighted by Crippen LogP contribution is -2.07. The van der Waals surface area contributed by atoms with Crippen molar-refractivity contribution in [3.63, 3.8) is 0 Å². The van der Waals surface area contributed by atoms with Gasteiger partial charge < -0.3 is 10.5 Å². The van der Waals surface area contributed by atoms with Crippen LogP contribution in [0.2, 0.25) is 5.02 Å². The van der Waals surface area contributed by atoms with Gasteiger partial charge in [-0.25, -0.2) is 0 Å². The Labute approximate surface area is 126 Å². The van der Waals surface area contributed by atoms with Crippen molar-refractivity contribution in [2.24, 2.45) is 5.73 Å². The molecule has 0 saturated heterocycles. The molecule has 0 unspecified atom stereocenters. The van der Waals surface area contributed by atoms with Crippen LogP contribution in [0.25, 0.3) is 0 Å². The van der Waals surface area contributed by atoms with E-state index in [-0.39, 0.29) is 6.04 Å². The van der Waals surface area contributed by atoms with Crippen LogP contribution in [0.5, 0.6) is 11.5 Å². The molecule has 0 bridgehead atoms. The molecule has 2 nitrogen and oxygen atoms in total. The van der Waals surface area contributed by atoms with E-state index in [1.165, 1.54) is 0 Å². The van der Waals surface area contributed by atoms with Gasteiger partial charge in [-0.2, -0.15) is 0 Å². The Morgan fingerprint density at radius 3 is 2.47 bits per heavy atom. The van der Waals surface area contributed by atoms with Crippen LogP contribution >= 0.6 is 27.5 Å². The average Bonchev–Trinajstić information content (AvgIpc) is 2.42. The van der Waals surface area contributed by atoms with Crippen LogP contribution in [-0.2, 0) is 0 Å². The molecule has 0 aliphatic carbocycles.